The van der Waals surface area contributed by atoms with Gasteiger partial charge in [-0.3, -0.25) is 0 Å². The third kappa shape index (κ3) is 4.37. The van der Waals surface area contributed by atoms with E-state index in [1.165, 1.54) is 12.4 Å². The molecular weight excluding hydrogens is 177 g/mol. The number of hydrogen-bond acceptors (Lipinski definition) is 1. The van der Waals surface area contributed by atoms with E-state index in [9.17, 15) is 4.79 Å². The zero-order valence-corrected chi connectivity index (χ0v) is 5.91. The topological polar surface area (TPSA) is 41.2 Å². The van der Waals surface area contributed by atoms with Crippen LogP contribution in [0.5, 0.6) is 0 Å². The Labute approximate surface area is 92.7 Å². The molecule has 0 fully saturated rings. The summed E-state index contributed by atoms with van der Waals surface area (Å²) in [6, 6.07) is 5.08. The van der Waals surface area contributed by atoms with Crippen molar-refractivity contribution in [1.82, 2.24) is 0 Å². The van der Waals surface area contributed by atoms with Gasteiger partial charge in [-0.05, 0) is 0 Å². The molecule has 0 aliphatic heterocycles. The maximum atomic E-state index is 10.2. The van der Waals surface area contributed by atoms with Gasteiger partial charge < -0.3 is 5.11 Å². The van der Waals surface area contributed by atoms with E-state index in [0.717, 1.165) is 4.57 Å². The van der Waals surface area contributed by atoms with Crippen LogP contribution in [0, 0.1) is 0 Å². The molecule has 0 amide bonds. The van der Waals surface area contributed by atoms with Crippen LogP contribution in [-0.4, -0.2) is 40.8 Å². The summed E-state index contributed by atoms with van der Waals surface area (Å²) >= 11 is 0. The molecule has 5 heteroatoms. The van der Waals surface area contributed by atoms with Gasteiger partial charge in [0.15, 0.2) is 12.4 Å². The zero-order chi connectivity index (χ0) is 6.69. The van der Waals surface area contributed by atoms with Crippen LogP contribution in [0.25, 0.3) is 0 Å². The number of halogens is 1. The summed E-state index contributed by atoms with van der Waals surface area (Å²) < 4.78 is 1.08. The maximum absolute atomic E-state index is 10.2. The van der Waals surface area contributed by atoms with Crippen LogP contribution in [-0.2, 0) is 0 Å². The summed E-state index contributed by atoms with van der Waals surface area (Å²) in [5, 5.41) is 8.35. The molecule has 0 aliphatic carbocycles. The van der Waals surface area contributed by atoms with Gasteiger partial charge in [0.25, 0.3) is 0 Å². The fourth-order valence-corrected chi connectivity index (χ4v) is 0.526. The summed E-state index contributed by atoms with van der Waals surface area (Å²) in [4.78, 5) is 10.2. The van der Waals surface area contributed by atoms with Gasteiger partial charge in [0.1, 0.15) is 0 Å². The van der Waals surface area contributed by atoms with E-state index >= 15 is 0 Å². The first-order valence-electron chi connectivity index (χ1n) is 2.50. The zero-order valence-electron chi connectivity index (χ0n) is 5.10. The third-order valence-electron chi connectivity index (χ3n) is 0.936. The van der Waals surface area contributed by atoms with Crippen LogP contribution in [0.2, 0.25) is 0 Å². The number of carboxylic acid groups (broad SMARTS) is 1. The first kappa shape index (κ1) is 13.5. The second-order valence-corrected chi connectivity index (χ2v) is 1.57. The van der Waals surface area contributed by atoms with Gasteiger partial charge in [0.2, 0.25) is 0 Å². The van der Waals surface area contributed by atoms with Gasteiger partial charge in [-0.1, -0.05) is 10.6 Å². The van der Waals surface area contributed by atoms with E-state index in [1.54, 1.807) is 18.2 Å². The van der Waals surface area contributed by atoms with Crippen LogP contribution in [0.15, 0.2) is 30.6 Å². The van der Waals surface area contributed by atoms with E-state index in [1.807, 2.05) is 0 Å². The monoisotopic (exact) mass is 184 g/mol. The summed E-state index contributed by atoms with van der Waals surface area (Å²) in [5.41, 5.74) is 0. The Kier molecular flexibility index (Phi) is 8.11. The van der Waals surface area contributed by atoms with Crippen LogP contribution in [0.1, 0.15) is 0 Å². The Morgan fingerprint density at radius 2 is 1.64 bits per heavy atom. The van der Waals surface area contributed by atoms with Gasteiger partial charge >= 0.3 is 35.7 Å². The molecule has 1 aromatic rings. The second-order valence-electron chi connectivity index (χ2n) is 1.57. The molecule has 0 bridgehead atoms. The van der Waals surface area contributed by atoms with Gasteiger partial charge in [-0.15, -0.1) is 12.4 Å². The minimum absolute atomic E-state index is 0. The molecule has 3 nitrogen and oxygen atoms in total. The summed E-state index contributed by atoms with van der Waals surface area (Å²) in [6.07, 6.45) is 1.99. The second kappa shape index (κ2) is 6.61. The van der Waals surface area contributed by atoms with Crippen molar-refractivity contribution < 1.29 is 14.5 Å². The average Bonchev–Trinajstić information content (AvgIpc) is 1.90. The predicted molar refractivity (Wildman–Crippen MR) is 44.5 cm³/mol. The van der Waals surface area contributed by atoms with Gasteiger partial charge in [-0.25, -0.2) is 0 Å². The molecule has 0 aromatic carbocycles. The SMILES string of the molecule is Cl.O=C(O)[n+]1ccccc1.[NaH]. The van der Waals surface area contributed by atoms with Crippen molar-refractivity contribution in [2.24, 2.45) is 0 Å². The number of carbonyl (C=O) groups is 1. The van der Waals surface area contributed by atoms with Crippen molar-refractivity contribution in [3.8, 4) is 0 Å². The molecule has 1 aromatic heterocycles. The number of nitrogens with zero attached hydrogens (tertiary/aromatic N) is 1. The Balaban J connectivity index is 0. The summed E-state index contributed by atoms with van der Waals surface area (Å²) in [6.45, 7) is 0. The van der Waals surface area contributed by atoms with Crippen molar-refractivity contribution in [2.75, 3.05) is 0 Å². The van der Waals surface area contributed by atoms with Crippen LogP contribution < -0.4 is 4.57 Å². The van der Waals surface area contributed by atoms with Crippen LogP contribution in [0.4, 0.5) is 4.79 Å². The molecule has 0 radical (unpaired) electrons. The van der Waals surface area contributed by atoms with Gasteiger partial charge in [0.05, 0.1) is 0 Å². The molecule has 1 heterocycles. The van der Waals surface area contributed by atoms with Crippen molar-refractivity contribution >= 4 is 48.1 Å². The Hall–Kier alpha value is -0.0900. The van der Waals surface area contributed by atoms with Crippen molar-refractivity contribution in [1.29, 1.82) is 0 Å². The number of rotatable bonds is 0. The van der Waals surface area contributed by atoms with E-state index in [0.29, 0.717) is 0 Å². The van der Waals surface area contributed by atoms with Crippen LogP contribution in [0.3, 0.4) is 0 Å². The molecule has 0 atom stereocenters. The average molecular weight is 185 g/mol. The molecule has 0 spiro atoms. The van der Waals surface area contributed by atoms with E-state index in [4.69, 9.17) is 5.11 Å². The van der Waals surface area contributed by atoms with Crippen LogP contribution >= 0.6 is 12.4 Å². The predicted octanol–water partition coefficient (Wildman–Crippen LogP) is 0.274. The van der Waals surface area contributed by atoms with Crippen molar-refractivity contribution in [3.05, 3.63) is 30.6 Å². The minimum atomic E-state index is -0.962. The quantitative estimate of drug-likeness (QED) is 0.465. The normalized spacial score (nSPS) is 7.27. The van der Waals surface area contributed by atoms with E-state index in [2.05, 4.69) is 0 Å². The molecule has 1 N–H and O–H groups in total. The summed E-state index contributed by atoms with van der Waals surface area (Å²) in [7, 11) is 0. The third-order valence-corrected chi connectivity index (χ3v) is 0.936. The molecule has 0 aliphatic rings. The van der Waals surface area contributed by atoms with Crippen molar-refractivity contribution in [3.63, 3.8) is 0 Å². The van der Waals surface area contributed by atoms with E-state index in [-0.39, 0.29) is 42.0 Å². The number of aromatic nitrogens is 1. The fraction of sp³-hybridized carbons (Fsp3) is 0. The molecule has 0 saturated heterocycles. The first-order chi connectivity index (χ1) is 4.30. The fourth-order valence-electron chi connectivity index (χ4n) is 0.526. The first-order valence-corrected chi connectivity index (χ1v) is 2.50. The molecule has 0 saturated carbocycles. The van der Waals surface area contributed by atoms with Gasteiger partial charge in [-0.2, -0.15) is 4.79 Å². The molecule has 11 heavy (non-hydrogen) atoms. The van der Waals surface area contributed by atoms with Gasteiger partial charge in [0, 0.05) is 12.1 Å². The Morgan fingerprint density at radius 1 is 1.18 bits per heavy atom. The number of hydrogen-bond donors (Lipinski definition) is 1. The Bertz CT molecular complexity index is 217. The molecule has 0 unspecified atom stereocenters. The molecular formula is C6H8ClNNaO2+. The molecule has 1 rings (SSSR count). The molecule has 56 valence electrons. The summed E-state index contributed by atoms with van der Waals surface area (Å²) in [5.74, 6) is 0. The van der Waals surface area contributed by atoms with E-state index < -0.39 is 6.09 Å². The standard InChI is InChI=1S/C6H5NO2.ClH.Na.H/c8-6(9)7-4-2-1-3-5-7;;;/h1-5H;1H;;/p+1. The van der Waals surface area contributed by atoms with Crippen molar-refractivity contribution in [2.45, 2.75) is 0 Å². The number of pyridine rings is 1. The Morgan fingerprint density at radius 3 is 1.91 bits per heavy atom.